The van der Waals surface area contributed by atoms with E-state index in [-0.39, 0.29) is 4.90 Å². The summed E-state index contributed by atoms with van der Waals surface area (Å²) in [5.74, 6) is 0. The first kappa shape index (κ1) is 18.2. The molecule has 0 heterocycles. The average Bonchev–Trinajstić information content (AvgIpc) is 2.35. The van der Waals surface area contributed by atoms with Crippen molar-refractivity contribution in [2.75, 3.05) is 6.26 Å². The maximum atomic E-state index is 11.8. The van der Waals surface area contributed by atoms with Gasteiger partial charge in [0.2, 0.25) is 0 Å². The molecule has 0 spiro atoms. The van der Waals surface area contributed by atoms with Crippen LogP contribution < -0.4 is 5.32 Å². The van der Waals surface area contributed by atoms with Crippen LogP contribution in [0.5, 0.6) is 0 Å². The quantitative estimate of drug-likeness (QED) is 0.855. The zero-order valence-electron chi connectivity index (χ0n) is 13.3. The minimum Gasteiger partial charge on any atom is -0.444 e. The number of benzene rings is 1. The van der Waals surface area contributed by atoms with E-state index in [4.69, 9.17) is 4.74 Å². The van der Waals surface area contributed by atoms with Crippen LogP contribution >= 0.6 is 0 Å². The van der Waals surface area contributed by atoms with Crippen molar-refractivity contribution in [3.8, 4) is 0 Å². The molecule has 0 aliphatic rings. The molecule has 6 nitrogen and oxygen atoms in total. The Kier molecular flexibility index (Phi) is 5.02. The van der Waals surface area contributed by atoms with Crippen molar-refractivity contribution in [3.05, 3.63) is 29.8 Å². The van der Waals surface area contributed by atoms with Crippen molar-refractivity contribution in [2.24, 2.45) is 0 Å². The number of aldehydes is 1. The highest BCUT2D eigenvalue weighted by molar-refractivity contribution is 7.90. The standard InChI is InChI=1S/C15H21NO5S/c1-14(2,3)21-13(18)16-15(4,10-17)11-6-8-12(9-7-11)22(5,19)20/h6-10H,1-5H3,(H,16,18). The molecular formula is C15H21NO5S. The lowest BCUT2D eigenvalue weighted by Crippen LogP contribution is -2.46. The number of rotatable bonds is 4. The summed E-state index contributed by atoms with van der Waals surface area (Å²) in [5, 5.41) is 2.50. The van der Waals surface area contributed by atoms with Gasteiger partial charge in [-0.1, -0.05) is 12.1 Å². The highest BCUT2D eigenvalue weighted by Gasteiger charge is 2.30. The van der Waals surface area contributed by atoms with Gasteiger partial charge in [-0.2, -0.15) is 0 Å². The number of hydrogen-bond donors (Lipinski definition) is 1. The largest absolute Gasteiger partial charge is 0.444 e. The van der Waals surface area contributed by atoms with Crippen molar-refractivity contribution in [1.29, 1.82) is 0 Å². The number of hydrogen-bond acceptors (Lipinski definition) is 5. The molecule has 122 valence electrons. The molecule has 1 unspecified atom stereocenters. The van der Waals surface area contributed by atoms with Crippen molar-refractivity contribution in [1.82, 2.24) is 5.32 Å². The first-order chi connectivity index (χ1) is 9.87. The molecule has 1 N–H and O–H groups in total. The van der Waals surface area contributed by atoms with Crippen molar-refractivity contribution in [3.63, 3.8) is 0 Å². The zero-order chi connectivity index (χ0) is 17.2. The Morgan fingerprint density at radius 1 is 1.14 bits per heavy atom. The summed E-state index contributed by atoms with van der Waals surface area (Å²) in [4.78, 5) is 23.4. The van der Waals surface area contributed by atoms with Gasteiger partial charge in [0.25, 0.3) is 0 Å². The molecule has 0 radical (unpaired) electrons. The van der Waals surface area contributed by atoms with Crippen molar-refractivity contribution >= 4 is 22.2 Å². The molecule has 1 atom stereocenters. The van der Waals surface area contributed by atoms with Crippen LogP contribution in [0.1, 0.15) is 33.3 Å². The third-order valence-electron chi connectivity index (χ3n) is 2.88. The van der Waals surface area contributed by atoms with Crippen LogP contribution in [0.3, 0.4) is 0 Å². The smallest absolute Gasteiger partial charge is 0.408 e. The van der Waals surface area contributed by atoms with E-state index in [1.807, 2.05) is 0 Å². The number of carbonyl (C=O) groups excluding carboxylic acids is 2. The molecule has 0 aliphatic carbocycles. The van der Waals surface area contributed by atoms with Gasteiger partial charge in [0.1, 0.15) is 17.4 Å². The second kappa shape index (κ2) is 6.08. The minimum atomic E-state index is -3.32. The molecule has 1 aromatic carbocycles. The summed E-state index contributed by atoms with van der Waals surface area (Å²) in [5.41, 5.74) is -1.53. The summed E-state index contributed by atoms with van der Waals surface area (Å²) in [6, 6.07) is 5.76. The van der Waals surface area contributed by atoms with Crippen LogP contribution in [-0.4, -0.2) is 32.7 Å². The number of amides is 1. The molecule has 0 aromatic heterocycles. The van der Waals surface area contributed by atoms with Gasteiger partial charge in [-0.3, -0.25) is 0 Å². The minimum absolute atomic E-state index is 0.141. The predicted octanol–water partition coefficient (Wildman–Crippen LogP) is 2.03. The van der Waals surface area contributed by atoms with E-state index >= 15 is 0 Å². The molecule has 22 heavy (non-hydrogen) atoms. The molecule has 0 fully saturated rings. The Balaban J connectivity index is 3.03. The number of carbonyl (C=O) groups is 2. The Bertz CT molecular complexity index is 658. The summed E-state index contributed by atoms with van der Waals surface area (Å²) < 4.78 is 28.0. The third kappa shape index (κ3) is 4.84. The summed E-state index contributed by atoms with van der Waals surface area (Å²) in [6.45, 7) is 6.66. The molecule has 0 bridgehead atoms. The zero-order valence-corrected chi connectivity index (χ0v) is 14.2. The van der Waals surface area contributed by atoms with Crippen molar-refractivity contribution < 1.29 is 22.7 Å². The molecule has 0 aliphatic heterocycles. The fraction of sp³-hybridized carbons (Fsp3) is 0.467. The van der Waals surface area contributed by atoms with Gasteiger partial charge >= 0.3 is 6.09 Å². The lowest BCUT2D eigenvalue weighted by molar-refractivity contribution is -0.113. The average molecular weight is 327 g/mol. The van der Waals surface area contributed by atoms with Gasteiger partial charge in [-0.05, 0) is 45.4 Å². The third-order valence-corrected chi connectivity index (χ3v) is 4.01. The van der Waals surface area contributed by atoms with Crippen LogP contribution in [0, 0.1) is 0 Å². The van der Waals surface area contributed by atoms with E-state index in [1.54, 1.807) is 20.8 Å². The number of alkyl carbamates (subject to hydrolysis) is 1. The second-order valence-corrected chi connectivity index (χ2v) is 8.26. The Labute approximate surface area is 130 Å². The fourth-order valence-electron chi connectivity index (χ4n) is 1.73. The highest BCUT2D eigenvalue weighted by Crippen LogP contribution is 2.21. The molecule has 1 rings (SSSR count). The fourth-order valence-corrected chi connectivity index (χ4v) is 2.36. The summed E-state index contributed by atoms with van der Waals surface area (Å²) in [7, 11) is -3.32. The first-order valence-electron chi connectivity index (χ1n) is 6.65. The maximum Gasteiger partial charge on any atom is 0.408 e. The maximum absolute atomic E-state index is 11.8. The van der Waals surface area contributed by atoms with Gasteiger partial charge in [0, 0.05) is 6.26 Å². The van der Waals surface area contributed by atoms with E-state index in [0.29, 0.717) is 11.8 Å². The monoisotopic (exact) mass is 327 g/mol. The number of ether oxygens (including phenoxy) is 1. The normalized spacial score (nSPS) is 14.8. The van der Waals surface area contributed by atoms with Gasteiger partial charge in [0.15, 0.2) is 9.84 Å². The van der Waals surface area contributed by atoms with Gasteiger partial charge < -0.3 is 14.8 Å². The van der Waals surface area contributed by atoms with Gasteiger partial charge in [0.05, 0.1) is 4.90 Å². The van der Waals surface area contributed by atoms with Gasteiger partial charge in [-0.15, -0.1) is 0 Å². The molecule has 1 aromatic rings. The summed E-state index contributed by atoms with van der Waals surface area (Å²) >= 11 is 0. The lowest BCUT2D eigenvalue weighted by atomic mass is 9.94. The van der Waals surface area contributed by atoms with E-state index in [9.17, 15) is 18.0 Å². The molecule has 0 saturated carbocycles. The second-order valence-electron chi connectivity index (χ2n) is 6.24. The first-order valence-corrected chi connectivity index (χ1v) is 8.55. The Morgan fingerprint density at radius 3 is 2.00 bits per heavy atom. The van der Waals surface area contributed by atoms with E-state index < -0.39 is 27.1 Å². The molecule has 7 heteroatoms. The molecular weight excluding hydrogens is 306 g/mol. The van der Waals surface area contributed by atoms with Crippen molar-refractivity contribution in [2.45, 2.75) is 43.7 Å². The topological polar surface area (TPSA) is 89.5 Å². The van der Waals surface area contributed by atoms with Crippen LogP contribution in [0.4, 0.5) is 4.79 Å². The summed E-state index contributed by atoms with van der Waals surface area (Å²) in [6.07, 6.45) is 0.945. The lowest BCUT2D eigenvalue weighted by Gasteiger charge is -2.28. The van der Waals surface area contributed by atoms with Crippen LogP contribution in [0.25, 0.3) is 0 Å². The number of sulfone groups is 1. The van der Waals surface area contributed by atoms with E-state index in [2.05, 4.69) is 5.32 Å². The van der Waals surface area contributed by atoms with E-state index in [1.165, 1.54) is 31.2 Å². The predicted molar refractivity (Wildman–Crippen MR) is 82.3 cm³/mol. The molecule has 1 amide bonds. The van der Waals surface area contributed by atoms with Crippen LogP contribution in [-0.2, 0) is 24.9 Å². The van der Waals surface area contributed by atoms with E-state index in [0.717, 1.165) is 6.26 Å². The highest BCUT2D eigenvalue weighted by atomic mass is 32.2. The van der Waals surface area contributed by atoms with Crippen LogP contribution in [0.15, 0.2) is 29.2 Å². The van der Waals surface area contributed by atoms with Crippen LogP contribution in [0.2, 0.25) is 0 Å². The Morgan fingerprint density at radius 2 is 1.64 bits per heavy atom. The molecule has 0 saturated heterocycles. The number of nitrogens with one attached hydrogen (secondary N) is 1. The van der Waals surface area contributed by atoms with Gasteiger partial charge in [-0.25, -0.2) is 13.2 Å². The SMILES string of the molecule is CC(C)(C)OC(=O)NC(C)(C=O)c1ccc(S(C)(=O)=O)cc1. The Hall–Kier alpha value is -1.89.